The number of nitrogens with zero attached hydrogens (tertiary/aromatic N) is 1. The summed E-state index contributed by atoms with van der Waals surface area (Å²) in [5, 5.41) is 16.2. The summed E-state index contributed by atoms with van der Waals surface area (Å²) in [4.78, 5) is 11.0. The minimum absolute atomic E-state index is 0.0174. The normalized spacial score (nSPS) is 12.2. The SMILES string of the molecule is Cc1noc(C)c1C(C)Nc1ccc(C(=O)O)c(Br)c1. The number of rotatable bonds is 4. The predicted octanol–water partition coefficient (Wildman–Crippen LogP) is 3.93. The fourth-order valence-corrected chi connectivity index (χ4v) is 2.76. The average Bonchev–Trinajstić information content (AvgIpc) is 2.68. The Morgan fingerprint density at radius 3 is 2.65 bits per heavy atom. The van der Waals surface area contributed by atoms with E-state index in [1.54, 1.807) is 18.2 Å². The number of carboxylic acids is 1. The van der Waals surface area contributed by atoms with Crippen molar-refractivity contribution in [2.75, 3.05) is 5.32 Å². The molecule has 106 valence electrons. The minimum Gasteiger partial charge on any atom is -0.478 e. The largest absolute Gasteiger partial charge is 0.478 e. The van der Waals surface area contributed by atoms with E-state index >= 15 is 0 Å². The van der Waals surface area contributed by atoms with Gasteiger partial charge in [0.1, 0.15) is 5.76 Å². The second-order valence-electron chi connectivity index (χ2n) is 4.60. The Labute approximate surface area is 125 Å². The molecule has 2 aromatic rings. The maximum absolute atomic E-state index is 11.0. The Hall–Kier alpha value is -1.82. The third-order valence-corrected chi connectivity index (χ3v) is 3.76. The number of benzene rings is 1. The van der Waals surface area contributed by atoms with Gasteiger partial charge in [0.2, 0.25) is 0 Å². The summed E-state index contributed by atoms with van der Waals surface area (Å²) in [7, 11) is 0. The number of aryl methyl sites for hydroxylation is 2. The fraction of sp³-hybridized carbons (Fsp3) is 0.286. The standard InChI is InChI=1S/C14H15BrN2O3/c1-7(13-8(2)17-20-9(13)3)16-10-4-5-11(14(18)19)12(15)6-10/h4-7,16H,1-3H3,(H,18,19). The van der Waals surface area contributed by atoms with Crippen LogP contribution in [-0.2, 0) is 0 Å². The van der Waals surface area contributed by atoms with Crippen molar-refractivity contribution >= 4 is 27.6 Å². The summed E-state index contributed by atoms with van der Waals surface area (Å²) in [6, 6.07) is 5.07. The molecule has 5 nitrogen and oxygen atoms in total. The third kappa shape index (κ3) is 2.85. The van der Waals surface area contributed by atoms with Crippen LogP contribution in [0.15, 0.2) is 27.2 Å². The van der Waals surface area contributed by atoms with Crippen molar-refractivity contribution in [2.24, 2.45) is 0 Å². The highest BCUT2D eigenvalue weighted by atomic mass is 79.9. The van der Waals surface area contributed by atoms with Gasteiger partial charge in [-0.2, -0.15) is 0 Å². The molecule has 0 aliphatic rings. The fourth-order valence-electron chi connectivity index (χ4n) is 2.21. The first-order valence-electron chi connectivity index (χ1n) is 6.12. The van der Waals surface area contributed by atoms with E-state index in [4.69, 9.17) is 9.63 Å². The number of nitrogens with one attached hydrogen (secondary N) is 1. The van der Waals surface area contributed by atoms with Crippen molar-refractivity contribution in [1.82, 2.24) is 5.16 Å². The van der Waals surface area contributed by atoms with Crippen LogP contribution in [0.1, 0.15) is 40.3 Å². The lowest BCUT2D eigenvalue weighted by molar-refractivity contribution is 0.0696. The van der Waals surface area contributed by atoms with Gasteiger partial charge in [0.15, 0.2) is 0 Å². The molecule has 1 heterocycles. The van der Waals surface area contributed by atoms with Crippen molar-refractivity contribution in [3.63, 3.8) is 0 Å². The Kier molecular flexibility index (Phi) is 4.13. The highest BCUT2D eigenvalue weighted by molar-refractivity contribution is 9.10. The van der Waals surface area contributed by atoms with Gasteiger partial charge < -0.3 is 14.9 Å². The lowest BCUT2D eigenvalue weighted by atomic mass is 10.1. The average molecular weight is 339 g/mol. The molecule has 0 aliphatic heterocycles. The molecule has 0 aliphatic carbocycles. The number of halogens is 1. The third-order valence-electron chi connectivity index (χ3n) is 3.10. The van der Waals surface area contributed by atoms with Crippen molar-refractivity contribution < 1.29 is 14.4 Å². The molecule has 0 amide bonds. The number of aromatic carboxylic acids is 1. The molecule has 0 saturated carbocycles. The van der Waals surface area contributed by atoms with E-state index in [1.807, 2.05) is 20.8 Å². The highest BCUT2D eigenvalue weighted by Gasteiger charge is 2.17. The van der Waals surface area contributed by atoms with Crippen LogP contribution in [0.3, 0.4) is 0 Å². The van der Waals surface area contributed by atoms with E-state index in [2.05, 4.69) is 26.4 Å². The quantitative estimate of drug-likeness (QED) is 0.883. The maximum Gasteiger partial charge on any atom is 0.336 e. The second-order valence-corrected chi connectivity index (χ2v) is 5.46. The zero-order valence-electron chi connectivity index (χ0n) is 11.4. The van der Waals surface area contributed by atoms with Crippen molar-refractivity contribution in [2.45, 2.75) is 26.8 Å². The van der Waals surface area contributed by atoms with E-state index < -0.39 is 5.97 Å². The summed E-state index contributed by atoms with van der Waals surface area (Å²) in [6.45, 7) is 5.77. The topological polar surface area (TPSA) is 75.4 Å². The Balaban J connectivity index is 2.22. The van der Waals surface area contributed by atoms with Crippen LogP contribution in [0.2, 0.25) is 0 Å². The molecule has 20 heavy (non-hydrogen) atoms. The molecule has 1 atom stereocenters. The number of hydrogen-bond acceptors (Lipinski definition) is 4. The van der Waals surface area contributed by atoms with Gasteiger partial charge in [-0.1, -0.05) is 5.16 Å². The van der Waals surface area contributed by atoms with E-state index in [0.717, 1.165) is 22.7 Å². The van der Waals surface area contributed by atoms with Gasteiger partial charge in [0.25, 0.3) is 0 Å². The van der Waals surface area contributed by atoms with E-state index in [0.29, 0.717) is 4.47 Å². The first-order valence-corrected chi connectivity index (χ1v) is 6.91. The lowest BCUT2D eigenvalue weighted by Gasteiger charge is -2.15. The Morgan fingerprint density at radius 2 is 2.15 bits per heavy atom. The molecule has 0 spiro atoms. The van der Waals surface area contributed by atoms with Crippen LogP contribution >= 0.6 is 15.9 Å². The Morgan fingerprint density at radius 1 is 1.45 bits per heavy atom. The zero-order valence-corrected chi connectivity index (χ0v) is 13.0. The van der Waals surface area contributed by atoms with Gasteiger partial charge >= 0.3 is 5.97 Å². The highest BCUT2D eigenvalue weighted by Crippen LogP contribution is 2.27. The summed E-state index contributed by atoms with van der Waals surface area (Å²) < 4.78 is 5.69. The van der Waals surface area contributed by atoms with Gasteiger partial charge in [-0.05, 0) is 54.9 Å². The van der Waals surface area contributed by atoms with Crippen LogP contribution in [0.25, 0.3) is 0 Å². The minimum atomic E-state index is -0.956. The molecule has 0 radical (unpaired) electrons. The molecule has 0 bridgehead atoms. The van der Waals surface area contributed by atoms with Crippen molar-refractivity contribution in [3.8, 4) is 0 Å². The molecular formula is C14H15BrN2O3. The number of carboxylic acid groups (broad SMARTS) is 1. The number of carbonyl (C=O) groups is 1. The van der Waals surface area contributed by atoms with Crippen molar-refractivity contribution in [3.05, 3.63) is 45.3 Å². The van der Waals surface area contributed by atoms with E-state index in [-0.39, 0.29) is 11.6 Å². The van der Waals surface area contributed by atoms with Crippen LogP contribution in [0, 0.1) is 13.8 Å². The summed E-state index contributed by atoms with van der Waals surface area (Å²) >= 11 is 3.26. The summed E-state index contributed by atoms with van der Waals surface area (Å²) in [5.41, 5.74) is 2.93. The predicted molar refractivity (Wildman–Crippen MR) is 79.1 cm³/mol. The second kappa shape index (κ2) is 5.66. The summed E-state index contributed by atoms with van der Waals surface area (Å²) in [5.74, 6) is -0.175. The molecule has 1 unspecified atom stereocenters. The molecule has 0 saturated heterocycles. The van der Waals surface area contributed by atoms with Crippen LogP contribution in [0.4, 0.5) is 5.69 Å². The Bertz CT molecular complexity index is 632. The van der Waals surface area contributed by atoms with Crippen LogP contribution in [-0.4, -0.2) is 16.2 Å². The van der Waals surface area contributed by atoms with Crippen LogP contribution < -0.4 is 5.32 Å². The first-order chi connectivity index (χ1) is 9.40. The number of hydrogen-bond donors (Lipinski definition) is 2. The monoisotopic (exact) mass is 338 g/mol. The van der Waals surface area contributed by atoms with Gasteiger partial charge in [0.05, 0.1) is 17.3 Å². The van der Waals surface area contributed by atoms with E-state index in [1.165, 1.54) is 0 Å². The van der Waals surface area contributed by atoms with Crippen molar-refractivity contribution in [1.29, 1.82) is 0 Å². The zero-order chi connectivity index (χ0) is 14.9. The molecule has 2 rings (SSSR count). The van der Waals surface area contributed by atoms with Gasteiger partial charge in [-0.15, -0.1) is 0 Å². The summed E-state index contributed by atoms with van der Waals surface area (Å²) in [6.07, 6.45) is 0. The maximum atomic E-state index is 11.0. The molecule has 2 N–H and O–H groups in total. The first kappa shape index (κ1) is 14.6. The molecule has 1 aromatic carbocycles. The molecular weight excluding hydrogens is 324 g/mol. The number of aromatic nitrogens is 1. The number of anilines is 1. The van der Waals surface area contributed by atoms with Gasteiger partial charge in [-0.25, -0.2) is 4.79 Å². The van der Waals surface area contributed by atoms with Crippen LogP contribution in [0.5, 0.6) is 0 Å². The molecule has 6 heteroatoms. The lowest BCUT2D eigenvalue weighted by Crippen LogP contribution is -2.09. The molecule has 1 aromatic heterocycles. The van der Waals surface area contributed by atoms with Gasteiger partial charge in [-0.3, -0.25) is 0 Å². The smallest absolute Gasteiger partial charge is 0.336 e. The van der Waals surface area contributed by atoms with Gasteiger partial charge in [0, 0.05) is 15.7 Å². The van der Waals surface area contributed by atoms with E-state index in [9.17, 15) is 4.79 Å². The molecule has 0 fully saturated rings.